The Morgan fingerprint density at radius 3 is 2.50 bits per heavy atom. The average Bonchev–Trinajstić information content (AvgIpc) is 2.93. The number of amides is 2. The van der Waals surface area contributed by atoms with Gasteiger partial charge in [-0.2, -0.15) is 5.10 Å². The topological polar surface area (TPSA) is 70.6 Å². The van der Waals surface area contributed by atoms with Crippen LogP contribution in [-0.4, -0.2) is 24.1 Å². The summed E-state index contributed by atoms with van der Waals surface area (Å²) < 4.78 is 0. The summed E-state index contributed by atoms with van der Waals surface area (Å²) in [5.41, 5.74) is 4.62. The summed E-state index contributed by atoms with van der Waals surface area (Å²) in [4.78, 5) is 24.0. The Kier molecular flexibility index (Phi) is 5.11. The van der Waals surface area contributed by atoms with Crippen LogP contribution in [0.5, 0.6) is 0 Å². The summed E-state index contributed by atoms with van der Waals surface area (Å²) in [7, 11) is 0. The fraction of sp³-hybridized carbons (Fsp3) is 0.550. The van der Waals surface area contributed by atoms with Crippen LogP contribution in [0.2, 0.25) is 5.02 Å². The van der Waals surface area contributed by atoms with Crippen LogP contribution in [0.1, 0.15) is 56.8 Å². The first-order valence-electron chi connectivity index (χ1n) is 9.14. The van der Waals surface area contributed by atoms with E-state index in [1.807, 2.05) is 0 Å². The fourth-order valence-electron chi connectivity index (χ4n) is 4.28. The lowest BCUT2D eigenvalue weighted by atomic mass is 9.70. The molecule has 1 aromatic carbocycles. The molecule has 0 aromatic heterocycles. The molecule has 26 heavy (non-hydrogen) atoms. The van der Waals surface area contributed by atoms with Gasteiger partial charge in [0.05, 0.1) is 0 Å². The Balaban J connectivity index is 1.47. The number of benzene rings is 1. The molecule has 0 unspecified atom stereocenters. The van der Waals surface area contributed by atoms with Crippen LogP contribution < -0.4 is 10.7 Å². The lowest BCUT2D eigenvalue weighted by molar-refractivity contribution is -0.120. The molecule has 1 aromatic rings. The second-order valence-corrected chi connectivity index (χ2v) is 8.54. The molecule has 2 aliphatic rings. The van der Waals surface area contributed by atoms with E-state index in [0.29, 0.717) is 16.5 Å². The van der Waals surface area contributed by atoms with Gasteiger partial charge in [-0.1, -0.05) is 32.4 Å². The maximum atomic E-state index is 12.0. The zero-order chi connectivity index (χ0) is 18.9. The Morgan fingerprint density at radius 2 is 1.92 bits per heavy atom. The summed E-state index contributed by atoms with van der Waals surface area (Å²) >= 11 is 5.80. The third-order valence-electron chi connectivity index (χ3n) is 6.57. The van der Waals surface area contributed by atoms with Crippen LogP contribution in [0.25, 0.3) is 0 Å². The molecule has 0 spiro atoms. The highest BCUT2D eigenvalue weighted by molar-refractivity contribution is 6.30. The van der Waals surface area contributed by atoms with Gasteiger partial charge in [-0.05, 0) is 54.9 Å². The number of carbonyl (C=O) groups excluding carboxylic acids is 2. The summed E-state index contributed by atoms with van der Waals surface area (Å²) in [5.74, 6) is 0.253. The van der Waals surface area contributed by atoms with Crippen LogP contribution >= 0.6 is 11.6 Å². The number of halogens is 1. The first kappa shape index (κ1) is 18.9. The van der Waals surface area contributed by atoms with E-state index in [4.69, 9.17) is 11.6 Å². The molecule has 2 atom stereocenters. The van der Waals surface area contributed by atoms with Crippen LogP contribution in [0.3, 0.4) is 0 Å². The van der Waals surface area contributed by atoms with Gasteiger partial charge in [-0.3, -0.25) is 9.59 Å². The first-order chi connectivity index (χ1) is 12.2. The number of hydrogen-bond donors (Lipinski definition) is 2. The molecule has 140 valence electrons. The zero-order valence-electron chi connectivity index (χ0n) is 15.6. The molecular weight excluding hydrogens is 350 g/mol. The van der Waals surface area contributed by atoms with Gasteiger partial charge in [-0.25, -0.2) is 5.43 Å². The number of rotatable bonds is 5. The van der Waals surface area contributed by atoms with E-state index in [9.17, 15) is 9.59 Å². The van der Waals surface area contributed by atoms with E-state index in [1.54, 1.807) is 24.3 Å². The van der Waals surface area contributed by atoms with E-state index >= 15 is 0 Å². The molecule has 5 nitrogen and oxygen atoms in total. The maximum Gasteiger partial charge on any atom is 0.251 e. The lowest BCUT2D eigenvalue weighted by Crippen LogP contribution is -2.34. The SMILES string of the molecule is CC1(C)[C@H]2CC[C@]1(C)/C(=N/NC(=O)CCNC(=O)c1ccc(Cl)cc1)C2. The smallest absolute Gasteiger partial charge is 0.251 e. The van der Waals surface area contributed by atoms with Crippen molar-refractivity contribution >= 4 is 29.1 Å². The molecule has 2 saturated carbocycles. The molecule has 0 heterocycles. The van der Waals surface area contributed by atoms with Gasteiger partial charge in [0.15, 0.2) is 0 Å². The largest absolute Gasteiger partial charge is 0.352 e. The molecule has 2 bridgehead atoms. The quantitative estimate of drug-likeness (QED) is 0.769. The van der Waals surface area contributed by atoms with Gasteiger partial charge in [0.25, 0.3) is 5.91 Å². The highest BCUT2D eigenvalue weighted by Crippen LogP contribution is 2.63. The Labute approximate surface area is 159 Å². The molecule has 0 radical (unpaired) electrons. The number of fused-ring (bicyclic) bond motifs is 2. The Morgan fingerprint density at radius 1 is 1.23 bits per heavy atom. The van der Waals surface area contributed by atoms with Crippen molar-refractivity contribution in [1.82, 2.24) is 10.7 Å². The zero-order valence-corrected chi connectivity index (χ0v) is 16.3. The normalized spacial score (nSPS) is 27.5. The van der Waals surface area contributed by atoms with Crippen LogP contribution in [-0.2, 0) is 4.79 Å². The Hall–Kier alpha value is -1.88. The van der Waals surface area contributed by atoms with Gasteiger partial charge in [-0.15, -0.1) is 0 Å². The molecule has 0 saturated heterocycles. The Bertz CT molecular complexity index is 742. The van der Waals surface area contributed by atoms with Gasteiger partial charge < -0.3 is 5.32 Å². The standard InChI is InChI=1S/C20H26ClN3O2/c1-19(2)14-8-10-20(19,3)16(12-14)23-24-17(25)9-11-22-18(26)13-4-6-15(21)7-5-13/h4-7,14H,8-12H2,1-3H3,(H,22,26)(H,24,25)/b23-16+/t14-,20+/m0/s1. The van der Waals surface area contributed by atoms with Gasteiger partial charge in [0.1, 0.15) is 0 Å². The molecule has 2 fully saturated rings. The van der Waals surface area contributed by atoms with Crippen molar-refractivity contribution in [3.8, 4) is 0 Å². The summed E-state index contributed by atoms with van der Waals surface area (Å²) in [6.07, 6.45) is 3.54. The third kappa shape index (κ3) is 3.37. The number of carbonyl (C=O) groups is 2. The highest BCUT2D eigenvalue weighted by atomic mass is 35.5. The van der Waals surface area contributed by atoms with Crippen molar-refractivity contribution in [3.05, 3.63) is 34.9 Å². The molecule has 3 rings (SSSR count). The predicted molar refractivity (Wildman–Crippen MR) is 103 cm³/mol. The van der Waals surface area contributed by atoms with Crippen molar-refractivity contribution in [2.45, 2.75) is 46.5 Å². The van der Waals surface area contributed by atoms with E-state index in [1.165, 1.54) is 6.42 Å². The fourth-order valence-corrected chi connectivity index (χ4v) is 4.40. The second kappa shape index (κ2) is 7.03. The van der Waals surface area contributed by atoms with E-state index in [0.717, 1.165) is 18.6 Å². The molecule has 2 aliphatic carbocycles. The van der Waals surface area contributed by atoms with Crippen LogP contribution in [0.15, 0.2) is 29.4 Å². The van der Waals surface area contributed by atoms with Crippen molar-refractivity contribution in [2.24, 2.45) is 21.8 Å². The summed E-state index contributed by atoms with van der Waals surface area (Å²) in [6.45, 7) is 7.14. The van der Waals surface area contributed by atoms with Crippen LogP contribution in [0, 0.1) is 16.7 Å². The van der Waals surface area contributed by atoms with E-state index in [-0.39, 0.29) is 35.6 Å². The maximum absolute atomic E-state index is 12.0. The number of nitrogens with zero attached hydrogens (tertiary/aromatic N) is 1. The minimum atomic E-state index is -0.219. The predicted octanol–water partition coefficient (Wildman–Crippen LogP) is 3.78. The molecule has 0 aliphatic heterocycles. The van der Waals surface area contributed by atoms with Gasteiger partial charge in [0.2, 0.25) is 5.91 Å². The monoisotopic (exact) mass is 375 g/mol. The molecule has 2 N–H and O–H groups in total. The van der Waals surface area contributed by atoms with Gasteiger partial charge in [0, 0.05) is 34.7 Å². The van der Waals surface area contributed by atoms with Crippen molar-refractivity contribution in [1.29, 1.82) is 0 Å². The van der Waals surface area contributed by atoms with Crippen molar-refractivity contribution in [2.75, 3.05) is 6.54 Å². The summed E-state index contributed by atoms with van der Waals surface area (Å²) in [6, 6.07) is 6.63. The third-order valence-corrected chi connectivity index (χ3v) is 6.82. The average molecular weight is 376 g/mol. The highest BCUT2D eigenvalue weighted by Gasteiger charge is 2.59. The van der Waals surface area contributed by atoms with Crippen LogP contribution in [0.4, 0.5) is 0 Å². The number of hydrogen-bond acceptors (Lipinski definition) is 3. The molecule has 6 heteroatoms. The number of hydrazone groups is 1. The van der Waals surface area contributed by atoms with E-state index < -0.39 is 0 Å². The van der Waals surface area contributed by atoms with Gasteiger partial charge >= 0.3 is 0 Å². The van der Waals surface area contributed by atoms with E-state index in [2.05, 4.69) is 36.6 Å². The van der Waals surface area contributed by atoms with Crippen molar-refractivity contribution in [3.63, 3.8) is 0 Å². The lowest BCUT2D eigenvalue weighted by Gasteiger charge is -2.34. The summed E-state index contributed by atoms with van der Waals surface area (Å²) in [5, 5.41) is 7.74. The number of nitrogens with one attached hydrogen (secondary N) is 2. The molecule has 2 amide bonds. The molecular formula is C20H26ClN3O2. The second-order valence-electron chi connectivity index (χ2n) is 8.10. The first-order valence-corrected chi connectivity index (χ1v) is 9.51. The minimum absolute atomic E-state index is 0.0771. The van der Waals surface area contributed by atoms with Crippen molar-refractivity contribution < 1.29 is 9.59 Å². The minimum Gasteiger partial charge on any atom is -0.352 e.